The van der Waals surface area contributed by atoms with Crippen molar-refractivity contribution < 1.29 is 9.21 Å². The number of carbonyl (C=O) groups excluding carboxylic acids is 1. The number of rotatable bonds is 5. The molecule has 0 saturated heterocycles. The molecular weight excluding hydrogens is 298 g/mol. The Morgan fingerprint density at radius 2 is 2.05 bits per heavy atom. The minimum Gasteiger partial charge on any atom is -0.436 e. The molecule has 0 aliphatic heterocycles. The van der Waals surface area contributed by atoms with Crippen LogP contribution in [-0.4, -0.2) is 10.9 Å². The molecule has 6 heteroatoms. The highest BCUT2D eigenvalue weighted by atomic mass is 32.1. The van der Waals surface area contributed by atoms with Gasteiger partial charge in [0.25, 0.3) is 5.91 Å². The van der Waals surface area contributed by atoms with Gasteiger partial charge < -0.3 is 9.73 Å². The third-order valence-corrected chi connectivity index (χ3v) is 3.85. The lowest BCUT2D eigenvalue weighted by Gasteiger charge is -2.02. The van der Waals surface area contributed by atoms with Crippen molar-refractivity contribution in [1.29, 1.82) is 0 Å². The Hall–Kier alpha value is -2.60. The number of nitrogens with zero attached hydrogens (tertiary/aromatic N) is 1. The summed E-state index contributed by atoms with van der Waals surface area (Å²) in [5, 5.41) is 8.30. The van der Waals surface area contributed by atoms with Crippen molar-refractivity contribution in [2.24, 2.45) is 0 Å². The molecule has 0 aliphatic rings. The first kappa shape index (κ1) is 14.3. The summed E-state index contributed by atoms with van der Waals surface area (Å²) in [6, 6.07) is 13.4. The van der Waals surface area contributed by atoms with E-state index in [9.17, 15) is 4.79 Å². The van der Waals surface area contributed by atoms with Gasteiger partial charge in [-0.15, -0.1) is 11.3 Å². The maximum Gasteiger partial charge on any atom is 0.293 e. The number of aromatic nitrogens is 1. The second-order valence-corrected chi connectivity index (χ2v) is 5.61. The van der Waals surface area contributed by atoms with Gasteiger partial charge in [0.05, 0.1) is 5.69 Å². The second kappa shape index (κ2) is 6.44. The number of thiazole rings is 1. The average molecular weight is 313 g/mol. The van der Waals surface area contributed by atoms with Crippen LogP contribution in [0.1, 0.15) is 21.8 Å². The fraction of sp³-hybridized carbons (Fsp3) is 0.125. The van der Waals surface area contributed by atoms with Crippen LogP contribution >= 0.6 is 11.3 Å². The summed E-state index contributed by atoms with van der Waals surface area (Å²) in [5.41, 5.74) is 2.02. The summed E-state index contributed by atoms with van der Waals surface area (Å²) in [4.78, 5) is 16.2. The topological polar surface area (TPSA) is 67.2 Å². The lowest BCUT2D eigenvalue weighted by Crippen LogP contribution is -2.10. The smallest absolute Gasteiger partial charge is 0.293 e. The SMILES string of the molecule is Cc1csc(NC(=O)c2ccc(NCc3ccccc3)o2)n1. The summed E-state index contributed by atoms with van der Waals surface area (Å²) in [7, 11) is 0. The summed E-state index contributed by atoms with van der Waals surface area (Å²) >= 11 is 1.39. The number of furan rings is 1. The maximum absolute atomic E-state index is 12.0. The van der Waals surface area contributed by atoms with Crippen molar-refractivity contribution in [3.05, 3.63) is 64.9 Å². The molecule has 1 aromatic carbocycles. The molecule has 0 fully saturated rings. The van der Waals surface area contributed by atoms with E-state index in [1.807, 2.05) is 42.6 Å². The minimum atomic E-state index is -0.304. The van der Waals surface area contributed by atoms with E-state index in [0.29, 0.717) is 17.6 Å². The molecule has 0 spiro atoms. The van der Waals surface area contributed by atoms with E-state index in [-0.39, 0.29) is 11.7 Å². The highest BCUT2D eigenvalue weighted by molar-refractivity contribution is 7.13. The lowest BCUT2D eigenvalue weighted by molar-refractivity contribution is 0.0997. The summed E-state index contributed by atoms with van der Waals surface area (Å²) in [5.74, 6) is 0.509. The van der Waals surface area contributed by atoms with Gasteiger partial charge >= 0.3 is 0 Å². The monoisotopic (exact) mass is 313 g/mol. The van der Waals surface area contributed by atoms with Crippen LogP contribution in [0.4, 0.5) is 11.0 Å². The van der Waals surface area contributed by atoms with Crippen LogP contribution in [0.25, 0.3) is 0 Å². The van der Waals surface area contributed by atoms with Gasteiger partial charge in [0.15, 0.2) is 16.8 Å². The number of amides is 1. The van der Waals surface area contributed by atoms with Crippen LogP contribution < -0.4 is 10.6 Å². The Labute approximate surface area is 132 Å². The minimum absolute atomic E-state index is 0.253. The van der Waals surface area contributed by atoms with E-state index in [0.717, 1.165) is 11.3 Å². The van der Waals surface area contributed by atoms with Crippen molar-refractivity contribution in [1.82, 2.24) is 4.98 Å². The highest BCUT2D eigenvalue weighted by Crippen LogP contribution is 2.18. The van der Waals surface area contributed by atoms with Crippen LogP contribution in [0.15, 0.2) is 52.3 Å². The van der Waals surface area contributed by atoms with E-state index >= 15 is 0 Å². The number of benzene rings is 1. The normalized spacial score (nSPS) is 10.4. The van der Waals surface area contributed by atoms with E-state index in [1.165, 1.54) is 11.3 Å². The van der Waals surface area contributed by atoms with Gasteiger partial charge in [-0.05, 0) is 18.6 Å². The Bertz CT molecular complexity index is 765. The van der Waals surface area contributed by atoms with Crippen molar-refractivity contribution in [3.8, 4) is 0 Å². The lowest BCUT2D eigenvalue weighted by atomic mass is 10.2. The first-order chi connectivity index (χ1) is 10.7. The van der Waals surface area contributed by atoms with Crippen LogP contribution in [0, 0.1) is 6.92 Å². The number of hydrogen-bond donors (Lipinski definition) is 2. The number of anilines is 2. The van der Waals surface area contributed by atoms with Crippen LogP contribution in [0.3, 0.4) is 0 Å². The van der Waals surface area contributed by atoms with Gasteiger partial charge in [0, 0.05) is 18.0 Å². The molecule has 2 heterocycles. The fourth-order valence-electron chi connectivity index (χ4n) is 1.91. The van der Waals surface area contributed by atoms with E-state index in [1.54, 1.807) is 12.1 Å². The second-order valence-electron chi connectivity index (χ2n) is 4.75. The van der Waals surface area contributed by atoms with Crippen molar-refractivity contribution in [2.75, 3.05) is 10.6 Å². The summed E-state index contributed by atoms with van der Waals surface area (Å²) in [6.07, 6.45) is 0. The Morgan fingerprint density at radius 1 is 1.23 bits per heavy atom. The summed E-state index contributed by atoms with van der Waals surface area (Å²) < 4.78 is 5.50. The largest absolute Gasteiger partial charge is 0.436 e. The van der Waals surface area contributed by atoms with Gasteiger partial charge in [-0.25, -0.2) is 4.98 Å². The van der Waals surface area contributed by atoms with Gasteiger partial charge in [-0.3, -0.25) is 10.1 Å². The van der Waals surface area contributed by atoms with Gasteiger partial charge in [0.2, 0.25) is 0 Å². The van der Waals surface area contributed by atoms with Crippen LogP contribution in [0.5, 0.6) is 0 Å². The molecule has 5 nitrogen and oxygen atoms in total. The maximum atomic E-state index is 12.0. The third kappa shape index (κ3) is 3.53. The fourth-order valence-corrected chi connectivity index (χ4v) is 2.59. The quantitative estimate of drug-likeness (QED) is 0.749. The molecule has 3 aromatic rings. The molecule has 2 aromatic heterocycles. The molecule has 0 unspecified atom stereocenters. The molecule has 0 atom stereocenters. The van der Waals surface area contributed by atoms with Gasteiger partial charge in [0.1, 0.15) is 0 Å². The van der Waals surface area contributed by atoms with E-state index in [4.69, 9.17) is 4.42 Å². The average Bonchev–Trinajstić information content (AvgIpc) is 3.15. The Kier molecular flexibility index (Phi) is 4.20. The van der Waals surface area contributed by atoms with Gasteiger partial charge in [-0.1, -0.05) is 30.3 Å². The first-order valence-electron chi connectivity index (χ1n) is 6.82. The summed E-state index contributed by atoms with van der Waals surface area (Å²) in [6.45, 7) is 2.52. The molecule has 22 heavy (non-hydrogen) atoms. The predicted molar refractivity (Wildman–Crippen MR) is 87.3 cm³/mol. The van der Waals surface area contributed by atoms with E-state index in [2.05, 4.69) is 15.6 Å². The van der Waals surface area contributed by atoms with Crippen LogP contribution in [0.2, 0.25) is 0 Å². The molecule has 3 rings (SSSR count). The number of nitrogens with one attached hydrogen (secondary N) is 2. The molecule has 0 bridgehead atoms. The predicted octanol–water partition coefficient (Wildman–Crippen LogP) is 3.91. The molecule has 0 aliphatic carbocycles. The molecule has 0 radical (unpaired) electrons. The number of carbonyl (C=O) groups is 1. The van der Waals surface area contributed by atoms with Crippen LogP contribution in [-0.2, 0) is 6.54 Å². The zero-order valence-electron chi connectivity index (χ0n) is 12.0. The highest BCUT2D eigenvalue weighted by Gasteiger charge is 2.12. The third-order valence-electron chi connectivity index (χ3n) is 2.98. The molecule has 0 saturated carbocycles. The number of hydrogen-bond acceptors (Lipinski definition) is 5. The Morgan fingerprint density at radius 3 is 2.77 bits per heavy atom. The van der Waals surface area contributed by atoms with Crippen molar-refractivity contribution in [3.63, 3.8) is 0 Å². The Balaban J connectivity index is 1.59. The van der Waals surface area contributed by atoms with E-state index < -0.39 is 0 Å². The van der Waals surface area contributed by atoms with Crippen molar-refractivity contribution in [2.45, 2.75) is 13.5 Å². The zero-order chi connectivity index (χ0) is 15.4. The standard InChI is InChI=1S/C16H15N3O2S/c1-11-10-22-16(18-11)19-15(20)13-7-8-14(21-13)17-9-12-5-3-2-4-6-12/h2-8,10,17H,9H2,1H3,(H,18,19,20). The molecule has 2 N–H and O–H groups in total. The number of aryl methyl sites for hydroxylation is 1. The molecule has 1 amide bonds. The zero-order valence-corrected chi connectivity index (χ0v) is 12.8. The van der Waals surface area contributed by atoms with Gasteiger partial charge in [-0.2, -0.15) is 0 Å². The first-order valence-corrected chi connectivity index (χ1v) is 7.70. The van der Waals surface area contributed by atoms with Crippen molar-refractivity contribution >= 4 is 28.3 Å². The molecular formula is C16H15N3O2S. The molecule has 112 valence electrons.